The topological polar surface area (TPSA) is 134 Å². The Kier molecular flexibility index (Phi) is 11.4. The van der Waals surface area contributed by atoms with E-state index in [0.29, 0.717) is 19.5 Å². The van der Waals surface area contributed by atoms with Crippen molar-refractivity contribution >= 4 is 23.6 Å². The van der Waals surface area contributed by atoms with E-state index in [-0.39, 0.29) is 55.8 Å². The van der Waals surface area contributed by atoms with Gasteiger partial charge in [-0.05, 0) is 37.9 Å². The molecule has 9 nitrogen and oxygen atoms in total. The third kappa shape index (κ3) is 9.97. The van der Waals surface area contributed by atoms with E-state index in [9.17, 15) is 14.4 Å². The quantitative estimate of drug-likeness (QED) is 0.213. The normalized spacial score (nSPS) is 11.4. The second kappa shape index (κ2) is 14.5. The Morgan fingerprint density at radius 1 is 0.943 bits per heavy atom. The maximum atomic E-state index is 13.4. The van der Waals surface area contributed by atoms with Crippen molar-refractivity contribution < 1.29 is 14.4 Å². The van der Waals surface area contributed by atoms with Crippen molar-refractivity contribution in [2.24, 2.45) is 16.5 Å². The van der Waals surface area contributed by atoms with Crippen LogP contribution in [0.15, 0.2) is 65.7 Å². The van der Waals surface area contributed by atoms with Crippen LogP contribution >= 0.6 is 0 Å². The van der Waals surface area contributed by atoms with Gasteiger partial charge < -0.3 is 26.6 Å². The molecule has 0 aliphatic heterocycles. The molecule has 0 aliphatic rings. The number of carbonyl (C=O) groups excluding carboxylic acids is 3. The first-order valence-corrected chi connectivity index (χ1v) is 11.7. The van der Waals surface area contributed by atoms with Crippen LogP contribution in [0, 0.1) is 0 Å². The summed E-state index contributed by atoms with van der Waals surface area (Å²) in [5, 5.41) is 3.09. The van der Waals surface area contributed by atoms with E-state index < -0.39 is 0 Å². The number of hydrogen-bond acceptors (Lipinski definition) is 5. The molecule has 35 heavy (non-hydrogen) atoms. The zero-order valence-electron chi connectivity index (χ0n) is 20.5. The number of ketones is 1. The van der Waals surface area contributed by atoms with Gasteiger partial charge >= 0.3 is 0 Å². The lowest BCUT2D eigenvalue weighted by atomic mass is 10.1. The number of Topliss-reactive ketones (excluding diaryl/α,β-unsaturated/α-hetero) is 1. The number of rotatable bonds is 14. The summed E-state index contributed by atoms with van der Waals surface area (Å²) in [6.45, 7) is 4.57. The number of carbonyl (C=O) groups is 3. The number of amides is 2. The maximum absolute atomic E-state index is 13.4. The number of benzene rings is 2. The van der Waals surface area contributed by atoms with E-state index in [1.165, 1.54) is 16.7 Å². The van der Waals surface area contributed by atoms with Gasteiger partial charge in [-0.15, -0.1) is 0 Å². The molecule has 188 valence electrons. The first-order valence-electron chi connectivity index (χ1n) is 11.7. The monoisotopic (exact) mass is 480 g/mol. The molecular formula is C26H36N6O3. The lowest BCUT2D eigenvalue weighted by molar-refractivity contribution is -0.143. The highest BCUT2D eigenvalue weighted by Crippen LogP contribution is 2.20. The Hall–Kier alpha value is -3.72. The Balaban J connectivity index is 2.11. The molecule has 2 amide bonds. The lowest BCUT2D eigenvalue weighted by Crippen LogP contribution is -2.47. The third-order valence-electron chi connectivity index (χ3n) is 5.44. The van der Waals surface area contributed by atoms with Crippen LogP contribution in [0.1, 0.15) is 37.4 Å². The molecule has 0 aromatic heterocycles. The van der Waals surface area contributed by atoms with Crippen molar-refractivity contribution in [3.8, 4) is 0 Å². The molecule has 2 aromatic rings. The van der Waals surface area contributed by atoms with E-state index in [1.807, 2.05) is 67.6 Å². The molecule has 0 bridgehead atoms. The average molecular weight is 481 g/mol. The molecule has 9 heteroatoms. The number of nitrogens with two attached hydrogens (primary N) is 2. The predicted octanol–water partition coefficient (Wildman–Crippen LogP) is 1.45. The summed E-state index contributed by atoms with van der Waals surface area (Å²) in [7, 11) is 0. The molecule has 2 rings (SSSR count). The van der Waals surface area contributed by atoms with Crippen LogP contribution in [0.2, 0.25) is 0 Å². The van der Waals surface area contributed by atoms with Gasteiger partial charge in [0.1, 0.15) is 12.3 Å². The van der Waals surface area contributed by atoms with Crippen molar-refractivity contribution in [2.75, 3.05) is 32.7 Å². The third-order valence-corrected chi connectivity index (χ3v) is 5.44. The highest BCUT2D eigenvalue weighted by Gasteiger charge is 2.26. The maximum Gasteiger partial charge on any atom is 0.243 e. The number of guanidine groups is 1. The average Bonchev–Trinajstić information content (AvgIpc) is 2.84. The van der Waals surface area contributed by atoms with Crippen molar-refractivity contribution in [1.82, 2.24) is 15.1 Å². The molecule has 5 N–H and O–H groups in total. The summed E-state index contributed by atoms with van der Waals surface area (Å²) in [6.07, 6.45) is 0.670. The SMILES string of the molecule is CC(=O)CN(C(=O)CN(Cc1ccccc1)C(=O)CNCCCN=C(N)N)[C@@H](C)c1ccccc1. The molecular weight excluding hydrogens is 444 g/mol. The number of nitrogens with zero attached hydrogens (tertiary/aromatic N) is 3. The molecule has 0 unspecified atom stereocenters. The Morgan fingerprint density at radius 3 is 2.17 bits per heavy atom. The zero-order chi connectivity index (χ0) is 25.6. The van der Waals surface area contributed by atoms with Gasteiger partial charge in [0, 0.05) is 13.1 Å². The predicted molar refractivity (Wildman–Crippen MR) is 137 cm³/mol. The fourth-order valence-corrected chi connectivity index (χ4v) is 3.60. The first kappa shape index (κ1) is 27.5. The van der Waals surface area contributed by atoms with E-state index in [0.717, 1.165) is 11.1 Å². The lowest BCUT2D eigenvalue weighted by Gasteiger charge is -2.32. The fraction of sp³-hybridized carbons (Fsp3) is 0.385. The van der Waals surface area contributed by atoms with Crippen molar-refractivity contribution in [3.63, 3.8) is 0 Å². The van der Waals surface area contributed by atoms with Crippen molar-refractivity contribution in [1.29, 1.82) is 0 Å². The summed E-state index contributed by atoms with van der Waals surface area (Å²) in [6, 6.07) is 18.7. The summed E-state index contributed by atoms with van der Waals surface area (Å²) in [5.74, 6) is -0.578. The van der Waals surface area contributed by atoms with Crippen LogP contribution in [0.3, 0.4) is 0 Å². The second-order valence-electron chi connectivity index (χ2n) is 8.38. The molecule has 0 aliphatic carbocycles. The number of nitrogens with one attached hydrogen (secondary N) is 1. The van der Waals surface area contributed by atoms with Gasteiger partial charge in [-0.2, -0.15) is 0 Å². The Bertz CT molecular complexity index is 977. The molecule has 0 radical (unpaired) electrons. The van der Waals surface area contributed by atoms with E-state index in [1.54, 1.807) is 0 Å². The Labute approximate surface area is 207 Å². The summed E-state index contributed by atoms with van der Waals surface area (Å²) in [4.78, 5) is 45.4. The minimum Gasteiger partial charge on any atom is -0.370 e. The Morgan fingerprint density at radius 2 is 1.57 bits per heavy atom. The molecule has 1 atom stereocenters. The fourth-order valence-electron chi connectivity index (χ4n) is 3.60. The van der Waals surface area contributed by atoms with Crippen LogP contribution in [-0.2, 0) is 20.9 Å². The molecule has 0 fully saturated rings. The molecule has 2 aromatic carbocycles. The minimum atomic E-state index is -0.310. The van der Waals surface area contributed by atoms with Gasteiger partial charge in [0.2, 0.25) is 11.8 Å². The standard InChI is InChI=1S/C26H36N6O3/c1-20(33)17-32(21(2)23-12-7-4-8-13-23)25(35)19-31(18-22-10-5-3-6-11-22)24(34)16-29-14-9-15-30-26(27)28/h3-8,10-13,21,29H,9,14-19H2,1-2H3,(H4,27,28,30)/t21-/m0/s1. The van der Waals surface area contributed by atoms with Gasteiger partial charge in [0.05, 0.1) is 19.1 Å². The molecule has 0 saturated carbocycles. The molecule has 0 heterocycles. The van der Waals surface area contributed by atoms with Gasteiger partial charge in [-0.25, -0.2) is 0 Å². The number of aliphatic imine (C=N–C) groups is 1. The van der Waals surface area contributed by atoms with Crippen LogP contribution in [0.4, 0.5) is 0 Å². The van der Waals surface area contributed by atoms with E-state index in [4.69, 9.17) is 11.5 Å². The van der Waals surface area contributed by atoms with Gasteiger partial charge in [-0.3, -0.25) is 19.4 Å². The highest BCUT2D eigenvalue weighted by molar-refractivity contribution is 5.89. The van der Waals surface area contributed by atoms with Gasteiger partial charge in [-0.1, -0.05) is 60.7 Å². The van der Waals surface area contributed by atoms with Crippen molar-refractivity contribution in [2.45, 2.75) is 32.9 Å². The zero-order valence-corrected chi connectivity index (χ0v) is 20.5. The smallest absolute Gasteiger partial charge is 0.243 e. The van der Waals surface area contributed by atoms with E-state index >= 15 is 0 Å². The van der Waals surface area contributed by atoms with Crippen LogP contribution in [0.25, 0.3) is 0 Å². The second-order valence-corrected chi connectivity index (χ2v) is 8.38. The minimum absolute atomic E-state index is 0.0225. The number of hydrogen-bond donors (Lipinski definition) is 3. The summed E-state index contributed by atoms with van der Waals surface area (Å²) in [5.41, 5.74) is 12.5. The largest absolute Gasteiger partial charge is 0.370 e. The first-order chi connectivity index (χ1) is 16.8. The molecule has 0 spiro atoms. The highest BCUT2D eigenvalue weighted by atomic mass is 16.2. The van der Waals surface area contributed by atoms with Crippen molar-refractivity contribution in [3.05, 3.63) is 71.8 Å². The summed E-state index contributed by atoms with van der Waals surface area (Å²) >= 11 is 0. The van der Waals surface area contributed by atoms with Gasteiger partial charge in [0.15, 0.2) is 5.96 Å². The van der Waals surface area contributed by atoms with Crippen LogP contribution < -0.4 is 16.8 Å². The summed E-state index contributed by atoms with van der Waals surface area (Å²) < 4.78 is 0. The van der Waals surface area contributed by atoms with E-state index in [2.05, 4.69) is 10.3 Å². The van der Waals surface area contributed by atoms with Crippen LogP contribution in [-0.4, -0.2) is 66.1 Å². The molecule has 0 saturated heterocycles. The van der Waals surface area contributed by atoms with Crippen LogP contribution in [0.5, 0.6) is 0 Å². The van der Waals surface area contributed by atoms with Gasteiger partial charge in [0.25, 0.3) is 0 Å².